The van der Waals surface area contributed by atoms with Gasteiger partial charge in [-0.3, -0.25) is 0 Å². The minimum Gasteiger partial charge on any atom is -0.337 e. The van der Waals surface area contributed by atoms with Crippen molar-refractivity contribution in [1.82, 2.24) is 14.9 Å². The number of benzene rings is 1. The maximum absolute atomic E-state index is 5.94. The highest BCUT2D eigenvalue weighted by Crippen LogP contribution is 2.21. The smallest absolute Gasteiger partial charge is 0.0945 e. The van der Waals surface area contributed by atoms with Crippen LogP contribution < -0.4 is 5.32 Å². The minimum atomic E-state index is -0.0189. The number of rotatable bonds is 8. The highest BCUT2D eigenvalue weighted by atomic mass is 35.5. The first-order chi connectivity index (χ1) is 10.1. The molecule has 0 atom stereocenters. The molecule has 1 heterocycles. The van der Waals surface area contributed by atoms with Crippen LogP contribution in [0.1, 0.15) is 38.7 Å². The van der Waals surface area contributed by atoms with E-state index in [4.69, 9.17) is 11.6 Å². The summed E-state index contributed by atoms with van der Waals surface area (Å²) in [5, 5.41) is 4.41. The molecule has 0 aliphatic rings. The molecule has 0 bridgehead atoms. The number of halogens is 1. The van der Waals surface area contributed by atoms with E-state index in [1.54, 1.807) is 0 Å². The molecule has 1 aromatic heterocycles. The van der Waals surface area contributed by atoms with Crippen molar-refractivity contribution in [3.63, 3.8) is 0 Å². The maximum atomic E-state index is 5.94. The van der Waals surface area contributed by atoms with Crippen LogP contribution in [0.3, 0.4) is 0 Å². The van der Waals surface area contributed by atoms with Crippen LogP contribution in [0.25, 0.3) is 0 Å². The summed E-state index contributed by atoms with van der Waals surface area (Å²) < 4.78 is 2.13. The van der Waals surface area contributed by atoms with Crippen molar-refractivity contribution in [2.45, 2.75) is 45.2 Å². The minimum absolute atomic E-state index is 0.0189. The Balaban J connectivity index is 1.66. The summed E-state index contributed by atoms with van der Waals surface area (Å²) in [7, 11) is 0. The predicted octanol–water partition coefficient (Wildman–Crippen LogP) is 4.23. The lowest BCUT2D eigenvalue weighted by Crippen LogP contribution is -2.37. The Morgan fingerprint density at radius 1 is 1.14 bits per heavy atom. The molecule has 3 nitrogen and oxygen atoms in total. The van der Waals surface area contributed by atoms with Crippen LogP contribution in [-0.4, -0.2) is 16.1 Å². The Morgan fingerprint density at radius 2 is 1.90 bits per heavy atom. The Labute approximate surface area is 132 Å². The zero-order valence-corrected chi connectivity index (χ0v) is 13.6. The second-order valence-corrected chi connectivity index (χ2v) is 6.36. The summed E-state index contributed by atoms with van der Waals surface area (Å²) in [5.74, 6) is 0. The van der Waals surface area contributed by atoms with Gasteiger partial charge in [0.25, 0.3) is 0 Å². The lowest BCUT2D eigenvalue weighted by molar-refractivity contribution is 0.394. The Kier molecular flexibility index (Phi) is 5.83. The summed E-state index contributed by atoms with van der Waals surface area (Å²) in [6.45, 7) is 6.50. The second-order valence-electron chi connectivity index (χ2n) is 5.92. The van der Waals surface area contributed by atoms with Crippen LogP contribution in [-0.2, 0) is 12.1 Å². The standard InChI is InChI=1S/C17H24ClN3/c1-17(2,15-6-8-16(18)9-7-15)20-10-4-3-5-12-21-13-11-19-14-21/h6-9,11,13-14,20H,3-5,10,12H2,1-2H3. The molecule has 1 N–H and O–H groups in total. The lowest BCUT2D eigenvalue weighted by atomic mass is 9.94. The van der Waals surface area contributed by atoms with Gasteiger partial charge in [-0.1, -0.05) is 30.2 Å². The maximum Gasteiger partial charge on any atom is 0.0945 e. The number of hydrogen-bond acceptors (Lipinski definition) is 2. The fourth-order valence-electron chi connectivity index (χ4n) is 2.38. The number of hydrogen-bond donors (Lipinski definition) is 1. The van der Waals surface area contributed by atoms with Crippen molar-refractivity contribution in [3.8, 4) is 0 Å². The SMILES string of the molecule is CC(C)(NCCCCCn1ccnc1)c1ccc(Cl)cc1. The number of aryl methyl sites for hydroxylation is 1. The van der Waals surface area contributed by atoms with E-state index in [1.807, 2.05) is 30.9 Å². The summed E-state index contributed by atoms with van der Waals surface area (Å²) in [4.78, 5) is 4.05. The van der Waals surface area contributed by atoms with Crippen LogP contribution >= 0.6 is 11.6 Å². The van der Waals surface area contributed by atoms with Gasteiger partial charge in [0, 0.05) is 29.5 Å². The molecule has 0 fully saturated rings. The molecule has 4 heteroatoms. The van der Waals surface area contributed by atoms with Crippen molar-refractivity contribution in [1.29, 1.82) is 0 Å². The molecule has 0 saturated carbocycles. The van der Waals surface area contributed by atoms with Crippen molar-refractivity contribution in [2.24, 2.45) is 0 Å². The van der Waals surface area contributed by atoms with E-state index in [0.29, 0.717) is 0 Å². The molecule has 0 aliphatic carbocycles. The van der Waals surface area contributed by atoms with Crippen molar-refractivity contribution < 1.29 is 0 Å². The molecule has 0 spiro atoms. The zero-order valence-electron chi connectivity index (χ0n) is 12.8. The molecule has 0 amide bonds. The number of nitrogens with zero attached hydrogens (tertiary/aromatic N) is 2. The summed E-state index contributed by atoms with van der Waals surface area (Å²) in [6.07, 6.45) is 9.33. The molecule has 114 valence electrons. The van der Waals surface area contributed by atoms with Crippen LogP contribution in [0.2, 0.25) is 5.02 Å². The molecule has 0 aliphatic heterocycles. The van der Waals surface area contributed by atoms with Crippen molar-refractivity contribution in [3.05, 3.63) is 53.6 Å². The lowest BCUT2D eigenvalue weighted by Gasteiger charge is -2.27. The first-order valence-corrected chi connectivity index (χ1v) is 7.92. The molecule has 1 aromatic carbocycles. The fourth-order valence-corrected chi connectivity index (χ4v) is 2.51. The number of imidazole rings is 1. The van der Waals surface area contributed by atoms with E-state index in [1.165, 1.54) is 24.8 Å². The quantitative estimate of drug-likeness (QED) is 0.740. The fraction of sp³-hybridized carbons (Fsp3) is 0.471. The van der Waals surface area contributed by atoms with Gasteiger partial charge in [0.15, 0.2) is 0 Å². The van der Waals surface area contributed by atoms with Crippen LogP contribution in [0.4, 0.5) is 0 Å². The highest BCUT2D eigenvalue weighted by molar-refractivity contribution is 6.30. The van der Waals surface area contributed by atoms with Gasteiger partial charge in [0.1, 0.15) is 0 Å². The van der Waals surface area contributed by atoms with E-state index in [0.717, 1.165) is 18.1 Å². The molecular weight excluding hydrogens is 282 g/mol. The molecule has 2 rings (SSSR count). The van der Waals surface area contributed by atoms with E-state index in [9.17, 15) is 0 Å². The van der Waals surface area contributed by atoms with E-state index in [2.05, 4.69) is 40.8 Å². The number of nitrogens with one attached hydrogen (secondary N) is 1. The summed E-state index contributed by atoms with van der Waals surface area (Å²) in [5.41, 5.74) is 1.25. The predicted molar refractivity (Wildman–Crippen MR) is 88.6 cm³/mol. The summed E-state index contributed by atoms with van der Waals surface area (Å²) in [6, 6.07) is 8.08. The molecule has 21 heavy (non-hydrogen) atoms. The van der Waals surface area contributed by atoms with Gasteiger partial charge in [0.05, 0.1) is 6.33 Å². The average Bonchev–Trinajstić information content (AvgIpc) is 2.96. The third kappa shape index (κ3) is 5.18. The normalized spacial score (nSPS) is 11.8. The van der Waals surface area contributed by atoms with Crippen molar-refractivity contribution in [2.75, 3.05) is 6.54 Å². The monoisotopic (exact) mass is 305 g/mol. The van der Waals surface area contributed by atoms with Gasteiger partial charge in [-0.25, -0.2) is 4.98 Å². The molecule has 0 radical (unpaired) electrons. The van der Waals surface area contributed by atoms with Gasteiger partial charge >= 0.3 is 0 Å². The molecule has 0 unspecified atom stereocenters. The van der Waals surface area contributed by atoms with Gasteiger partial charge in [-0.05, 0) is 50.9 Å². The van der Waals surface area contributed by atoms with Crippen LogP contribution in [0.15, 0.2) is 43.0 Å². The third-order valence-corrected chi connectivity index (χ3v) is 4.04. The first-order valence-electron chi connectivity index (χ1n) is 7.55. The van der Waals surface area contributed by atoms with E-state index < -0.39 is 0 Å². The zero-order chi connectivity index (χ0) is 15.1. The van der Waals surface area contributed by atoms with E-state index in [-0.39, 0.29) is 5.54 Å². The Hall–Kier alpha value is -1.32. The number of unbranched alkanes of at least 4 members (excludes halogenated alkanes) is 2. The van der Waals surface area contributed by atoms with Gasteiger partial charge in [-0.15, -0.1) is 0 Å². The average molecular weight is 306 g/mol. The Morgan fingerprint density at radius 3 is 2.57 bits per heavy atom. The van der Waals surface area contributed by atoms with Gasteiger partial charge in [0.2, 0.25) is 0 Å². The summed E-state index contributed by atoms with van der Waals surface area (Å²) >= 11 is 5.94. The molecule has 0 saturated heterocycles. The Bertz CT molecular complexity index is 517. The topological polar surface area (TPSA) is 29.9 Å². The highest BCUT2D eigenvalue weighted by Gasteiger charge is 2.18. The molecule has 2 aromatic rings. The van der Waals surface area contributed by atoms with Gasteiger partial charge < -0.3 is 9.88 Å². The van der Waals surface area contributed by atoms with Crippen molar-refractivity contribution >= 4 is 11.6 Å². The van der Waals surface area contributed by atoms with Gasteiger partial charge in [-0.2, -0.15) is 0 Å². The number of aromatic nitrogens is 2. The van der Waals surface area contributed by atoms with Crippen LogP contribution in [0.5, 0.6) is 0 Å². The third-order valence-electron chi connectivity index (χ3n) is 3.79. The van der Waals surface area contributed by atoms with Crippen LogP contribution in [0, 0.1) is 0 Å². The van der Waals surface area contributed by atoms with E-state index >= 15 is 0 Å². The largest absolute Gasteiger partial charge is 0.337 e. The first kappa shape index (κ1) is 16.1. The molecular formula is C17H24ClN3. The second kappa shape index (κ2) is 7.62.